The van der Waals surface area contributed by atoms with E-state index < -0.39 is 28.2 Å². The van der Waals surface area contributed by atoms with Gasteiger partial charge in [-0.15, -0.1) is 0 Å². The van der Waals surface area contributed by atoms with Crippen molar-refractivity contribution >= 4 is 27.7 Å². The summed E-state index contributed by atoms with van der Waals surface area (Å²) in [5, 5.41) is 9.71. The molecule has 2 atom stereocenters. The molecule has 122 valence electrons. The summed E-state index contributed by atoms with van der Waals surface area (Å²) in [7, 11) is -3.41. The molecule has 1 saturated heterocycles. The zero-order chi connectivity index (χ0) is 16.3. The van der Waals surface area contributed by atoms with E-state index in [0.29, 0.717) is 31.0 Å². The number of nitrogens with zero attached hydrogens (tertiary/aromatic N) is 2. The number of halogens is 1. The van der Waals surface area contributed by atoms with Gasteiger partial charge in [-0.1, -0.05) is 17.7 Å². The topological polar surface area (TPSA) is 99.6 Å². The van der Waals surface area contributed by atoms with E-state index >= 15 is 0 Å². The molecule has 1 fully saturated rings. The number of pyridine rings is 1. The van der Waals surface area contributed by atoms with Gasteiger partial charge in [0.1, 0.15) is 5.15 Å². The van der Waals surface area contributed by atoms with E-state index in [9.17, 15) is 18.3 Å². The van der Waals surface area contributed by atoms with Gasteiger partial charge in [-0.3, -0.25) is 0 Å². The number of amides is 1. The first-order valence-electron chi connectivity index (χ1n) is 6.83. The van der Waals surface area contributed by atoms with E-state index in [1.807, 2.05) is 0 Å². The smallest absolute Gasteiger partial charge is 0.407 e. The minimum atomic E-state index is -3.41. The SMILES string of the molecule is CS(=O)(=O)N[C@@H]1CCCN(C(=O)O)[C@@H]1Cc1ccc(Cl)nc1. The second kappa shape index (κ2) is 6.80. The van der Waals surface area contributed by atoms with Gasteiger partial charge < -0.3 is 10.0 Å². The average molecular weight is 348 g/mol. The number of hydrogen-bond acceptors (Lipinski definition) is 4. The van der Waals surface area contributed by atoms with Crippen molar-refractivity contribution in [3.63, 3.8) is 0 Å². The van der Waals surface area contributed by atoms with Gasteiger partial charge in [0.05, 0.1) is 12.3 Å². The molecule has 2 rings (SSSR count). The van der Waals surface area contributed by atoms with Crippen LogP contribution in [0.1, 0.15) is 18.4 Å². The van der Waals surface area contributed by atoms with Crippen LogP contribution in [0.3, 0.4) is 0 Å². The quantitative estimate of drug-likeness (QED) is 0.800. The maximum Gasteiger partial charge on any atom is 0.407 e. The van der Waals surface area contributed by atoms with E-state index in [1.165, 1.54) is 4.90 Å². The molecule has 22 heavy (non-hydrogen) atoms. The van der Waals surface area contributed by atoms with Crippen LogP contribution in [0.15, 0.2) is 18.3 Å². The van der Waals surface area contributed by atoms with Crippen LogP contribution >= 0.6 is 11.6 Å². The third-order valence-corrected chi connectivity index (χ3v) is 4.58. The van der Waals surface area contributed by atoms with Gasteiger partial charge in [0.2, 0.25) is 10.0 Å². The van der Waals surface area contributed by atoms with Crippen LogP contribution in [0.5, 0.6) is 0 Å². The summed E-state index contributed by atoms with van der Waals surface area (Å²) in [6, 6.07) is 2.48. The summed E-state index contributed by atoms with van der Waals surface area (Å²) < 4.78 is 25.6. The summed E-state index contributed by atoms with van der Waals surface area (Å²) in [5.41, 5.74) is 0.808. The molecular weight excluding hydrogens is 330 g/mol. The molecule has 0 aliphatic carbocycles. The van der Waals surface area contributed by atoms with Crippen LogP contribution in [0.25, 0.3) is 0 Å². The number of nitrogens with one attached hydrogen (secondary N) is 1. The lowest BCUT2D eigenvalue weighted by Crippen LogP contribution is -2.57. The molecule has 1 amide bonds. The minimum Gasteiger partial charge on any atom is -0.465 e. The second-order valence-electron chi connectivity index (χ2n) is 5.38. The summed E-state index contributed by atoms with van der Waals surface area (Å²) in [4.78, 5) is 16.7. The molecule has 2 heterocycles. The molecule has 1 aromatic rings. The Hall–Kier alpha value is -1.38. The van der Waals surface area contributed by atoms with E-state index in [-0.39, 0.29) is 0 Å². The van der Waals surface area contributed by atoms with Gasteiger partial charge in [-0.2, -0.15) is 0 Å². The van der Waals surface area contributed by atoms with Crippen molar-refractivity contribution in [1.82, 2.24) is 14.6 Å². The Morgan fingerprint density at radius 3 is 2.82 bits per heavy atom. The van der Waals surface area contributed by atoms with Crippen LogP contribution in [0.2, 0.25) is 5.15 Å². The Labute approximate surface area is 134 Å². The third kappa shape index (κ3) is 4.56. The number of aromatic nitrogens is 1. The molecule has 1 aliphatic rings. The molecule has 0 bridgehead atoms. The fraction of sp³-hybridized carbons (Fsp3) is 0.538. The van der Waals surface area contributed by atoms with Crippen molar-refractivity contribution in [2.45, 2.75) is 31.3 Å². The number of piperidine rings is 1. The van der Waals surface area contributed by atoms with Gasteiger partial charge in [0.25, 0.3) is 0 Å². The molecular formula is C13H18ClN3O4S. The number of sulfonamides is 1. The Morgan fingerprint density at radius 2 is 2.27 bits per heavy atom. The lowest BCUT2D eigenvalue weighted by atomic mass is 9.92. The molecule has 1 aliphatic heterocycles. The van der Waals surface area contributed by atoms with E-state index in [2.05, 4.69) is 9.71 Å². The molecule has 2 N–H and O–H groups in total. The van der Waals surface area contributed by atoms with Gasteiger partial charge >= 0.3 is 6.09 Å². The van der Waals surface area contributed by atoms with Crippen molar-refractivity contribution in [2.75, 3.05) is 12.8 Å². The monoisotopic (exact) mass is 347 g/mol. The minimum absolute atomic E-state index is 0.355. The Kier molecular flexibility index (Phi) is 5.25. The second-order valence-corrected chi connectivity index (χ2v) is 7.54. The number of rotatable bonds is 4. The predicted molar refractivity (Wildman–Crippen MR) is 82.5 cm³/mol. The van der Waals surface area contributed by atoms with Crippen molar-refractivity contribution < 1.29 is 18.3 Å². The summed E-state index contributed by atoms with van der Waals surface area (Å²) in [5.74, 6) is 0. The van der Waals surface area contributed by atoms with Crippen LogP contribution in [0, 0.1) is 0 Å². The number of likely N-dealkylation sites (tertiary alicyclic amines) is 1. The van der Waals surface area contributed by atoms with Crippen LogP contribution < -0.4 is 4.72 Å². The van der Waals surface area contributed by atoms with Gasteiger partial charge in [-0.05, 0) is 30.9 Å². The van der Waals surface area contributed by atoms with E-state index in [4.69, 9.17) is 11.6 Å². The number of carboxylic acid groups (broad SMARTS) is 1. The standard InChI is InChI=1S/C13H18ClN3O4S/c1-22(20,21)16-10-3-2-6-17(13(18)19)11(10)7-9-4-5-12(14)15-8-9/h4-5,8,10-11,16H,2-3,6-7H2,1H3,(H,18,19)/t10-,11-/m1/s1. The van der Waals surface area contributed by atoms with E-state index in [0.717, 1.165) is 11.8 Å². The lowest BCUT2D eigenvalue weighted by molar-refractivity contribution is 0.0942. The zero-order valence-corrected chi connectivity index (χ0v) is 13.6. The molecule has 7 nitrogen and oxygen atoms in total. The maximum atomic E-state index is 11.5. The van der Waals surface area contributed by atoms with Crippen LogP contribution in [0.4, 0.5) is 4.79 Å². The fourth-order valence-corrected chi connectivity index (χ4v) is 3.66. The van der Waals surface area contributed by atoms with E-state index in [1.54, 1.807) is 18.3 Å². The van der Waals surface area contributed by atoms with Crippen LogP contribution in [-0.4, -0.2) is 54.4 Å². The Balaban J connectivity index is 2.24. The Morgan fingerprint density at radius 1 is 1.55 bits per heavy atom. The number of carbonyl (C=O) groups is 1. The summed E-state index contributed by atoms with van der Waals surface area (Å²) in [6.45, 7) is 0.392. The van der Waals surface area contributed by atoms with Crippen molar-refractivity contribution in [1.29, 1.82) is 0 Å². The average Bonchev–Trinajstić information content (AvgIpc) is 2.41. The highest BCUT2D eigenvalue weighted by molar-refractivity contribution is 7.88. The van der Waals surface area contributed by atoms with Gasteiger partial charge in [0, 0.05) is 18.8 Å². The summed E-state index contributed by atoms with van der Waals surface area (Å²) >= 11 is 5.74. The van der Waals surface area contributed by atoms with Crippen molar-refractivity contribution in [2.24, 2.45) is 0 Å². The normalized spacial score (nSPS) is 22.5. The predicted octanol–water partition coefficient (Wildman–Crippen LogP) is 1.34. The first-order chi connectivity index (χ1) is 10.3. The number of hydrogen-bond donors (Lipinski definition) is 2. The molecule has 9 heteroatoms. The lowest BCUT2D eigenvalue weighted by Gasteiger charge is -2.39. The largest absolute Gasteiger partial charge is 0.465 e. The first kappa shape index (κ1) is 17.0. The molecule has 0 spiro atoms. The Bertz CT molecular complexity index is 635. The van der Waals surface area contributed by atoms with Crippen molar-refractivity contribution in [3.05, 3.63) is 29.0 Å². The third-order valence-electron chi connectivity index (χ3n) is 3.62. The highest BCUT2D eigenvalue weighted by Gasteiger charge is 2.35. The molecule has 0 radical (unpaired) electrons. The first-order valence-corrected chi connectivity index (χ1v) is 9.10. The van der Waals surface area contributed by atoms with Gasteiger partial charge in [0.15, 0.2) is 0 Å². The van der Waals surface area contributed by atoms with Crippen molar-refractivity contribution in [3.8, 4) is 0 Å². The molecule has 0 unspecified atom stereocenters. The fourth-order valence-electron chi connectivity index (χ4n) is 2.73. The summed E-state index contributed by atoms with van der Waals surface area (Å²) in [6.07, 6.45) is 3.20. The maximum absolute atomic E-state index is 11.5. The molecule has 1 aromatic heterocycles. The van der Waals surface area contributed by atoms with Gasteiger partial charge in [-0.25, -0.2) is 22.9 Å². The highest BCUT2D eigenvalue weighted by atomic mass is 35.5. The van der Waals surface area contributed by atoms with Crippen LogP contribution in [-0.2, 0) is 16.4 Å². The molecule has 0 saturated carbocycles. The molecule has 0 aromatic carbocycles. The zero-order valence-electron chi connectivity index (χ0n) is 12.1. The highest BCUT2D eigenvalue weighted by Crippen LogP contribution is 2.22.